The molecule has 15 heavy (non-hydrogen) atoms. The van der Waals surface area contributed by atoms with E-state index in [1.54, 1.807) is 6.92 Å². The van der Waals surface area contributed by atoms with E-state index in [-0.39, 0.29) is 5.13 Å². The highest BCUT2D eigenvalue weighted by molar-refractivity contribution is 7.15. The highest BCUT2D eigenvalue weighted by Gasteiger charge is 2.33. The van der Waals surface area contributed by atoms with Crippen LogP contribution in [0.25, 0.3) is 0 Å². The van der Waals surface area contributed by atoms with Crippen LogP contribution in [-0.2, 0) is 6.18 Å². The lowest BCUT2D eigenvalue weighted by Gasteiger charge is -2.04. The average molecular weight is 240 g/mol. The van der Waals surface area contributed by atoms with Gasteiger partial charge in [-0.3, -0.25) is 0 Å². The number of hydrogen-bond acceptors (Lipinski definition) is 4. The number of anilines is 1. The van der Waals surface area contributed by atoms with Gasteiger partial charge >= 0.3 is 6.18 Å². The van der Waals surface area contributed by atoms with Gasteiger partial charge in [-0.1, -0.05) is 11.3 Å². The van der Waals surface area contributed by atoms with Gasteiger partial charge < -0.3 is 10.4 Å². The first-order valence-corrected chi connectivity index (χ1v) is 5.16. The first-order chi connectivity index (χ1) is 6.89. The Morgan fingerprint density at radius 3 is 2.73 bits per heavy atom. The molecule has 1 aromatic heterocycles. The summed E-state index contributed by atoms with van der Waals surface area (Å²) in [4.78, 5) is 2.86. The van der Waals surface area contributed by atoms with E-state index in [0.717, 1.165) is 6.20 Å². The second-order valence-electron chi connectivity index (χ2n) is 3.09. The molecule has 0 aliphatic heterocycles. The summed E-state index contributed by atoms with van der Waals surface area (Å²) < 4.78 is 36.5. The molecule has 0 saturated carbocycles. The number of hydrogen-bond donors (Lipinski definition) is 2. The number of thiazole rings is 1. The van der Waals surface area contributed by atoms with Crippen molar-refractivity contribution in [2.24, 2.45) is 0 Å². The number of aliphatic hydroxyl groups is 1. The fraction of sp³-hybridized carbons (Fsp3) is 0.625. The molecule has 1 atom stereocenters. The molecule has 1 unspecified atom stereocenters. The number of nitrogens with one attached hydrogen (secondary N) is 1. The van der Waals surface area contributed by atoms with E-state index in [1.165, 1.54) is 0 Å². The lowest BCUT2D eigenvalue weighted by Crippen LogP contribution is -2.09. The molecule has 1 rings (SSSR count). The molecule has 3 nitrogen and oxygen atoms in total. The number of halogens is 3. The van der Waals surface area contributed by atoms with Crippen LogP contribution >= 0.6 is 11.3 Å². The molecule has 0 fully saturated rings. The van der Waals surface area contributed by atoms with E-state index >= 15 is 0 Å². The maximum Gasteiger partial charge on any atom is 0.427 e. The Morgan fingerprint density at radius 2 is 2.27 bits per heavy atom. The van der Waals surface area contributed by atoms with Gasteiger partial charge in [0.15, 0.2) is 5.13 Å². The van der Waals surface area contributed by atoms with Crippen molar-refractivity contribution >= 4 is 16.5 Å². The van der Waals surface area contributed by atoms with E-state index < -0.39 is 17.2 Å². The molecule has 1 heterocycles. The third-order valence-electron chi connectivity index (χ3n) is 1.62. The molecule has 0 spiro atoms. The number of aliphatic hydroxyl groups excluding tert-OH is 1. The largest absolute Gasteiger partial charge is 0.427 e. The van der Waals surface area contributed by atoms with Gasteiger partial charge in [0.25, 0.3) is 0 Å². The topological polar surface area (TPSA) is 45.1 Å². The Bertz CT molecular complexity index is 311. The summed E-state index contributed by atoms with van der Waals surface area (Å²) in [5, 5.41) is 11.9. The molecular formula is C8H11F3N2OS. The minimum atomic E-state index is -4.33. The maximum atomic E-state index is 12.2. The predicted molar refractivity (Wildman–Crippen MR) is 51.9 cm³/mol. The van der Waals surface area contributed by atoms with Crippen molar-refractivity contribution in [1.29, 1.82) is 0 Å². The van der Waals surface area contributed by atoms with Crippen LogP contribution in [0.3, 0.4) is 0 Å². The van der Waals surface area contributed by atoms with Gasteiger partial charge in [-0.15, -0.1) is 0 Å². The van der Waals surface area contributed by atoms with E-state index in [1.807, 2.05) is 0 Å². The zero-order valence-corrected chi connectivity index (χ0v) is 8.82. The van der Waals surface area contributed by atoms with Crippen molar-refractivity contribution in [1.82, 2.24) is 4.98 Å². The lowest BCUT2D eigenvalue weighted by molar-refractivity contribution is -0.134. The standard InChI is InChI=1S/C8H11F3N2OS/c1-5(14)2-3-12-7-13-4-6(15-7)8(9,10)11/h4-5,14H,2-3H2,1H3,(H,12,13). The SMILES string of the molecule is CC(O)CCNc1ncc(C(F)(F)F)s1. The molecule has 0 saturated heterocycles. The van der Waals surface area contributed by atoms with E-state index in [9.17, 15) is 13.2 Å². The minimum Gasteiger partial charge on any atom is -0.393 e. The average Bonchev–Trinajstić information content (AvgIpc) is 2.51. The van der Waals surface area contributed by atoms with Crippen LogP contribution in [-0.4, -0.2) is 22.7 Å². The summed E-state index contributed by atoms with van der Waals surface area (Å²) >= 11 is 0.563. The monoisotopic (exact) mass is 240 g/mol. The van der Waals surface area contributed by atoms with Crippen molar-refractivity contribution in [2.75, 3.05) is 11.9 Å². The van der Waals surface area contributed by atoms with Crippen LogP contribution in [0.2, 0.25) is 0 Å². The summed E-state index contributed by atoms with van der Waals surface area (Å²) in [5.41, 5.74) is 0. The van der Waals surface area contributed by atoms with E-state index in [2.05, 4.69) is 10.3 Å². The van der Waals surface area contributed by atoms with Gasteiger partial charge in [-0.2, -0.15) is 13.2 Å². The second kappa shape index (κ2) is 4.80. The third kappa shape index (κ3) is 4.05. The number of rotatable bonds is 4. The van der Waals surface area contributed by atoms with Gasteiger partial charge in [-0.05, 0) is 13.3 Å². The molecule has 0 aromatic carbocycles. The van der Waals surface area contributed by atoms with Gasteiger partial charge in [0.05, 0.1) is 12.3 Å². The van der Waals surface area contributed by atoms with Gasteiger partial charge in [0, 0.05) is 6.54 Å². The Kier molecular flexibility index (Phi) is 3.92. The smallest absolute Gasteiger partial charge is 0.393 e. The Balaban J connectivity index is 2.47. The molecule has 2 N–H and O–H groups in total. The minimum absolute atomic E-state index is 0.225. The number of aromatic nitrogens is 1. The summed E-state index contributed by atoms with van der Waals surface area (Å²) in [5.74, 6) is 0. The first-order valence-electron chi connectivity index (χ1n) is 4.34. The van der Waals surface area contributed by atoms with E-state index in [4.69, 9.17) is 5.11 Å². The molecule has 0 bridgehead atoms. The first kappa shape index (κ1) is 12.3. The van der Waals surface area contributed by atoms with Crippen LogP contribution < -0.4 is 5.32 Å². The maximum absolute atomic E-state index is 12.2. The highest BCUT2D eigenvalue weighted by atomic mass is 32.1. The molecule has 86 valence electrons. The van der Waals surface area contributed by atoms with Crippen LogP contribution in [0, 0.1) is 0 Å². The van der Waals surface area contributed by atoms with Crippen LogP contribution in [0.1, 0.15) is 18.2 Å². The van der Waals surface area contributed by atoms with Crippen molar-refractivity contribution in [3.05, 3.63) is 11.1 Å². The van der Waals surface area contributed by atoms with Crippen LogP contribution in [0.5, 0.6) is 0 Å². The molecule has 0 amide bonds. The molecule has 7 heteroatoms. The molecule has 0 radical (unpaired) electrons. The number of nitrogens with zero attached hydrogens (tertiary/aromatic N) is 1. The van der Waals surface area contributed by atoms with Crippen molar-refractivity contribution in [3.63, 3.8) is 0 Å². The zero-order chi connectivity index (χ0) is 11.5. The Hall–Kier alpha value is -0.820. The van der Waals surface area contributed by atoms with Gasteiger partial charge in [0.1, 0.15) is 4.88 Å². The predicted octanol–water partition coefficient (Wildman–Crippen LogP) is 2.34. The fourth-order valence-electron chi connectivity index (χ4n) is 0.875. The molecular weight excluding hydrogens is 229 g/mol. The summed E-state index contributed by atoms with van der Waals surface area (Å²) in [6, 6.07) is 0. The van der Waals surface area contributed by atoms with E-state index in [0.29, 0.717) is 24.3 Å². The summed E-state index contributed by atoms with van der Waals surface area (Å²) in [6.45, 7) is 2.02. The lowest BCUT2D eigenvalue weighted by atomic mass is 10.3. The third-order valence-corrected chi connectivity index (χ3v) is 2.62. The van der Waals surface area contributed by atoms with Crippen molar-refractivity contribution < 1.29 is 18.3 Å². The van der Waals surface area contributed by atoms with Crippen molar-refractivity contribution in [2.45, 2.75) is 25.6 Å². The quantitative estimate of drug-likeness (QED) is 0.849. The van der Waals surface area contributed by atoms with Crippen LogP contribution in [0.15, 0.2) is 6.20 Å². The second-order valence-corrected chi connectivity index (χ2v) is 4.12. The van der Waals surface area contributed by atoms with Crippen LogP contribution in [0.4, 0.5) is 18.3 Å². The zero-order valence-electron chi connectivity index (χ0n) is 8.01. The molecule has 0 aliphatic carbocycles. The highest BCUT2D eigenvalue weighted by Crippen LogP contribution is 2.34. The van der Waals surface area contributed by atoms with Crippen molar-refractivity contribution in [3.8, 4) is 0 Å². The Morgan fingerprint density at radius 1 is 1.60 bits per heavy atom. The fourth-order valence-corrected chi connectivity index (χ4v) is 1.58. The summed E-state index contributed by atoms with van der Waals surface area (Å²) in [7, 11) is 0. The normalized spacial score (nSPS) is 13.9. The van der Waals surface area contributed by atoms with Gasteiger partial charge in [-0.25, -0.2) is 4.98 Å². The van der Waals surface area contributed by atoms with Gasteiger partial charge in [0.2, 0.25) is 0 Å². The summed E-state index contributed by atoms with van der Waals surface area (Å²) in [6.07, 6.45) is -3.53. The Labute approximate surface area is 89.0 Å². The molecule has 0 aliphatic rings. The number of alkyl halides is 3. The molecule has 1 aromatic rings.